The zero-order valence-electron chi connectivity index (χ0n) is 26.7. The summed E-state index contributed by atoms with van der Waals surface area (Å²) in [5, 5.41) is 1.18. The molecule has 7 heteroatoms. The van der Waals surface area contributed by atoms with Gasteiger partial charge in [0.25, 0.3) is 0 Å². The molecule has 0 saturated heterocycles. The molecule has 0 saturated carbocycles. The zero-order chi connectivity index (χ0) is 31.4. The van der Waals surface area contributed by atoms with Gasteiger partial charge in [0.1, 0.15) is 10.3 Å². The first-order valence-corrected chi connectivity index (χ1v) is 20.5. The Morgan fingerprint density at radius 1 is 0.571 bits per heavy atom. The van der Waals surface area contributed by atoms with E-state index in [4.69, 9.17) is 42.3 Å². The van der Waals surface area contributed by atoms with E-state index in [0.29, 0.717) is 34.0 Å². The van der Waals surface area contributed by atoms with Crippen molar-refractivity contribution in [3.63, 3.8) is 0 Å². The van der Waals surface area contributed by atoms with Crippen molar-refractivity contribution in [2.24, 2.45) is 0 Å². The van der Waals surface area contributed by atoms with E-state index in [0.717, 1.165) is 51.4 Å². The number of halogens is 4. The van der Waals surface area contributed by atoms with Gasteiger partial charge in [-0.3, -0.25) is 0 Å². The second kappa shape index (κ2) is 19.2. The van der Waals surface area contributed by atoms with Crippen molar-refractivity contribution < 1.29 is 15.9 Å². The third-order valence-corrected chi connectivity index (χ3v) is 9.33. The molecule has 0 bridgehead atoms. The maximum absolute atomic E-state index is 7.20. The van der Waals surface area contributed by atoms with Crippen molar-refractivity contribution in [3.05, 3.63) is 75.6 Å². The first-order valence-electron chi connectivity index (χ1n) is 15.7. The fourth-order valence-corrected chi connectivity index (χ4v) is 6.83. The fraction of sp³-hybridized carbons (Fsp3) is 0.571. The van der Waals surface area contributed by atoms with Crippen LogP contribution < -0.4 is 9.80 Å². The van der Waals surface area contributed by atoms with Crippen molar-refractivity contribution in [2.45, 2.75) is 130 Å². The van der Waals surface area contributed by atoms with Crippen molar-refractivity contribution >= 4 is 53.6 Å². The van der Waals surface area contributed by atoms with Crippen LogP contribution in [0.4, 0.5) is 11.4 Å². The molecule has 0 aromatic heterocycles. The van der Waals surface area contributed by atoms with E-state index >= 15 is 0 Å². The quantitative estimate of drug-likeness (QED) is 0.108. The van der Waals surface area contributed by atoms with E-state index in [1.165, 1.54) is 33.6 Å². The van der Waals surface area contributed by atoms with Crippen molar-refractivity contribution in [3.8, 4) is 0 Å². The third kappa shape index (κ3) is 9.31. The molecule has 0 spiro atoms. The molecule has 2 aromatic carbocycles. The minimum atomic E-state index is -0.106. The average molecular weight is 748 g/mol. The second-order valence-corrected chi connectivity index (χ2v) is 14.9. The van der Waals surface area contributed by atoms with Crippen LogP contribution in [0.25, 0.3) is 0 Å². The Balaban J connectivity index is 0.00000197. The molecule has 0 aliphatic carbocycles. The van der Waals surface area contributed by atoms with E-state index in [2.05, 4.69) is 108 Å². The average Bonchev–Trinajstić information content (AvgIpc) is 3.26. The number of para-hydroxylation sites is 2. The topological polar surface area (TPSA) is 6.48 Å². The third-order valence-electron chi connectivity index (χ3n) is 8.51. The SMILES string of the molecule is CCCC(C)c1cccc(C(C)CCC)c1N1[CH-]N(c2c(C(C)CCC)cccc2C(C)CCC)C(Cl)=C1Cl.[Cl][Pd][Cl]. The first-order chi connectivity index (χ1) is 20.1. The molecule has 1 heterocycles. The van der Waals surface area contributed by atoms with Crippen LogP contribution in [-0.2, 0) is 15.9 Å². The Labute approximate surface area is 283 Å². The maximum atomic E-state index is 7.20. The van der Waals surface area contributed by atoms with Crippen LogP contribution in [0.5, 0.6) is 0 Å². The summed E-state index contributed by atoms with van der Waals surface area (Å²) in [5.74, 6) is 1.73. The van der Waals surface area contributed by atoms with Gasteiger partial charge in [0.15, 0.2) is 0 Å². The summed E-state index contributed by atoms with van der Waals surface area (Å²) in [6.07, 6.45) is 9.16. The first kappa shape index (κ1) is 37.8. The van der Waals surface area contributed by atoms with E-state index in [1.807, 2.05) is 0 Å². The summed E-state index contributed by atoms with van der Waals surface area (Å²) in [4.78, 5) is 4.37. The van der Waals surface area contributed by atoms with Crippen molar-refractivity contribution in [2.75, 3.05) is 9.80 Å². The van der Waals surface area contributed by atoms with Gasteiger partial charge in [0.05, 0.1) is 0 Å². The molecule has 0 fully saturated rings. The Bertz CT molecular complexity index is 992. The van der Waals surface area contributed by atoms with Gasteiger partial charge in [-0.25, -0.2) is 0 Å². The zero-order valence-corrected chi connectivity index (χ0v) is 31.3. The second-order valence-electron chi connectivity index (χ2n) is 11.8. The molecule has 2 aromatic rings. The van der Waals surface area contributed by atoms with E-state index in [9.17, 15) is 0 Å². The van der Waals surface area contributed by atoms with Crippen molar-refractivity contribution in [1.29, 1.82) is 0 Å². The van der Waals surface area contributed by atoms with Crippen LogP contribution in [0.3, 0.4) is 0 Å². The molecular formula is C35H51Cl4N2Pd-. The van der Waals surface area contributed by atoms with Gasteiger partial charge in [-0.15, -0.1) is 6.67 Å². The standard InChI is InChI=1S/C35H51Cl2N2.2ClH.Pd/c1-9-15-24(5)28-19-13-20-29(25(6)16-10-2)32(28)38-23-39(35(37)34(38)36)33-30(26(7)17-11-3)21-14-22-31(33)27(8)18-12-4;;;/h13-14,19-27H,9-12,15-18H2,1-8H3;2*1H;/q-1;;;+2/p-2. The number of benzene rings is 2. The van der Waals surface area contributed by atoms with Gasteiger partial charge in [-0.1, -0.05) is 141 Å². The molecule has 2 nitrogen and oxygen atoms in total. The minimum absolute atomic E-state index is 0.106. The summed E-state index contributed by atoms with van der Waals surface area (Å²) in [6, 6.07) is 13.6. The predicted octanol–water partition coefficient (Wildman–Crippen LogP) is 13.7. The van der Waals surface area contributed by atoms with Gasteiger partial charge in [-0.05, 0) is 71.6 Å². The molecule has 4 atom stereocenters. The van der Waals surface area contributed by atoms with E-state index in [1.54, 1.807) is 0 Å². The molecule has 0 N–H and O–H groups in total. The molecule has 4 unspecified atom stereocenters. The van der Waals surface area contributed by atoms with E-state index < -0.39 is 0 Å². The Kier molecular flexibility index (Phi) is 17.3. The number of nitrogens with zero attached hydrogens (tertiary/aromatic N) is 2. The van der Waals surface area contributed by atoms with Crippen LogP contribution in [0.2, 0.25) is 0 Å². The Morgan fingerprint density at radius 2 is 0.810 bits per heavy atom. The monoisotopic (exact) mass is 745 g/mol. The molecule has 3 rings (SSSR count). The Hall–Kier alpha value is -0.398. The summed E-state index contributed by atoms with van der Waals surface area (Å²) < 4.78 is 0. The van der Waals surface area contributed by atoms with Gasteiger partial charge in [-0.2, -0.15) is 0 Å². The number of anilines is 2. The molecule has 240 valence electrons. The van der Waals surface area contributed by atoms with Gasteiger partial charge < -0.3 is 9.80 Å². The molecule has 1 aliphatic heterocycles. The number of hydrogen-bond acceptors (Lipinski definition) is 2. The van der Waals surface area contributed by atoms with Crippen LogP contribution in [-0.4, -0.2) is 0 Å². The summed E-state index contributed by atoms with van der Waals surface area (Å²) in [5.41, 5.74) is 7.84. The Morgan fingerprint density at radius 3 is 1.02 bits per heavy atom. The van der Waals surface area contributed by atoms with Crippen LogP contribution in [0.1, 0.15) is 153 Å². The number of rotatable bonds is 14. The molecule has 0 radical (unpaired) electrons. The predicted molar refractivity (Wildman–Crippen MR) is 186 cm³/mol. The van der Waals surface area contributed by atoms with Crippen LogP contribution >= 0.6 is 42.3 Å². The van der Waals surface area contributed by atoms with Crippen LogP contribution in [0.15, 0.2) is 46.7 Å². The molecule has 1 aliphatic rings. The van der Waals surface area contributed by atoms with Crippen molar-refractivity contribution in [1.82, 2.24) is 0 Å². The van der Waals surface area contributed by atoms with Gasteiger partial charge >= 0.3 is 35.0 Å². The van der Waals surface area contributed by atoms with Crippen LogP contribution in [0, 0.1) is 6.67 Å². The van der Waals surface area contributed by atoms with Gasteiger partial charge in [0, 0.05) is 11.4 Å². The molecule has 42 heavy (non-hydrogen) atoms. The number of hydrogen-bond donors (Lipinski definition) is 0. The van der Waals surface area contributed by atoms with Gasteiger partial charge in [0.2, 0.25) is 0 Å². The summed E-state index contributed by atoms with van der Waals surface area (Å²) in [7, 11) is 9.63. The van der Waals surface area contributed by atoms with E-state index in [-0.39, 0.29) is 15.9 Å². The molecule has 0 amide bonds. The molecular weight excluding hydrogens is 697 g/mol. The summed E-state index contributed by atoms with van der Waals surface area (Å²) in [6.45, 7) is 20.6. The summed E-state index contributed by atoms with van der Waals surface area (Å²) >= 11 is 14.3. The normalized spacial score (nSPS) is 16.4. The fourth-order valence-electron chi connectivity index (χ4n) is 6.39.